The maximum absolute atomic E-state index is 12.6. The van der Waals surface area contributed by atoms with E-state index in [2.05, 4.69) is 17.3 Å². The topological polar surface area (TPSA) is 136 Å². The molecule has 0 spiro atoms. The molecule has 8 nitrogen and oxygen atoms in total. The molecule has 1 aliphatic carbocycles. The van der Waals surface area contributed by atoms with Crippen LogP contribution in [0.4, 0.5) is 0 Å². The summed E-state index contributed by atoms with van der Waals surface area (Å²) in [5.41, 5.74) is 18.0. The number of hydrogen-bond donors (Lipinski definition) is 5. The number of hydrogen-bond acceptors (Lipinski definition) is 7. The van der Waals surface area contributed by atoms with Crippen LogP contribution < -0.4 is 21.1 Å². The molecular formula is C36H49N4O4+. The van der Waals surface area contributed by atoms with Gasteiger partial charge in [-0.25, -0.2) is 0 Å². The first-order valence-corrected chi connectivity index (χ1v) is 16.4. The number of phenols is 1. The van der Waals surface area contributed by atoms with Gasteiger partial charge in [-0.05, 0) is 59.6 Å². The van der Waals surface area contributed by atoms with Gasteiger partial charge < -0.3 is 26.4 Å². The van der Waals surface area contributed by atoms with E-state index in [0.29, 0.717) is 31.7 Å². The molecule has 2 aromatic rings. The number of Topliss-reactive ketones (excluding diaryl/α,β-unsaturated/α-hetero) is 1. The molecule has 236 valence electrons. The van der Waals surface area contributed by atoms with Gasteiger partial charge in [0.25, 0.3) is 0 Å². The van der Waals surface area contributed by atoms with Crippen molar-refractivity contribution in [2.75, 3.05) is 13.3 Å². The smallest absolute Gasteiger partial charge is 0.227 e. The van der Waals surface area contributed by atoms with Crippen molar-refractivity contribution < 1.29 is 24.6 Å². The van der Waals surface area contributed by atoms with Crippen molar-refractivity contribution in [3.8, 4) is 11.5 Å². The van der Waals surface area contributed by atoms with Crippen LogP contribution >= 0.6 is 0 Å². The number of nitrogens with zero attached hydrogens (tertiary/aromatic N) is 1. The van der Waals surface area contributed by atoms with Gasteiger partial charge in [-0.1, -0.05) is 81.7 Å². The third-order valence-corrected chi connectivity index (χ3v) is 9.25. The minimum absolute atomic E-state index is 0.0715. The Kier molecular flexibility index (Phi) is 11.4. The van der Waals surface area contributed by atoms with Crippen LogP contribution in [0.15, 0.2) is 70.5 Å². The van der Waals surface area contributed by atoms with Crippen LogP contribution in [0.25, 0.3) is 0 Å². The Morgan fingerprint density at radius 3 is 2.73 bits per heavy atom. The first-order valence-electron chi connectivity index (χ1n) is 16.4. The van der Waals surface area contributed by atoms with E-state index in [1.54, 1.807) is 6.07 Å². The molecule has 5 rings (SSSR count). The second kappa shape index (κ2) is 15.6. The Bertz CT molecular complexity index is 1380. The summed E-state index contributed by atoms with van der Waals surface area (Å²) in [4.78, 5) is 18.3. The van der Waals surface area contributed by atoms with Crippen LogP contribution in [-0.4, -0.2) is 41.6 Å². The minimum Gasteiger partial charge on any atom is -0.504 e. The summed E-state index contributed by atoms with van der Waals surface area (Å²) in [5.74, 6) is 1.42. The van der Waals surface area contributed by atoms with Crippen LogP contribution in [-0.2, 0) is 17.6 Å². The predicted molar refractivity (Wildman–Crippen MR) is 173 cm³/mol. The number of carbonyl (C=O) groups excluding carboxylic acids is 1. The Labute approximate surface area is 261 Å². The molecule has 1 fully saturated rings. The Morgan fingerprint density at radius 1 is 1.07 bits per heavy atom. The molecule has 0 aromatic heterocycles. The van der Waals surface area contributed by atoms with Gasteiger partial charge in [0.1, 0.15) is 24.2 Å². The summed E-state index contributed by atoms with van der Waals surface area (Å²) in [6.07, 6.45) is 15.7. The van der Waals surface area contributed by atoms with Gasteiger partial charge in [-0.3, -0.25) is 14.7 Å². The van der Waals surface area contributed by atoms with E-state index >= 15 is 0 Å². The van der Waals surface area contributed by atoms with Gasteiger partial charge in [-0.2, -0.15) is 0 Å². The lowest BCUT2D eigenvalue weighted by Gasteiger charge is -2.21. The number of ketones is 1. The molecule has 0 radical (unpaired) electrons. The van der Waals surface area contributed by atoms with E-state index in [0.717, 1.165) is 59.0 Å². The fourth-order valence-electron chi connectivity index (χ4n) is 6.68. The molecule has 0 saturated heterocycles. The summed E-state index contributed by atoms with van der Waals surface area (Å²) < 4.78 is 6.03. The van der Waals surface area contributed by atoms with Crippen molar-refractivity contribution in [1.29, 1.82) is 0 Å². The third-order valence-electron chi connectivity index (χ3n) is 9.25. The lowest BCUT2D eigenvalue weighted by atomic mass is 9.85. The van der Waals surface area contributed by atoms with Crippen LogP contribution in [0.5, 0.6) is 11.5 Å². The minimum atomic E-state index is -0.556. The van der Waals surface area contributed by atoms with Gasteiger partial charge in [0.05, 0.1) is 12.3 Å². The molecule has 7 N–H and O–H groups in total. The summed E-state index contributed by atoms with van der Waals surface area (Å²) in [7, 11) is 0. The lowest BCUT2D eigenvalue weighted by Crippen LogP contribution is -3.07. The largest absolute Gasteiger partial charge is 0.504 e. The van der Waals surface area contributed by atoms with Crippen LogP contribution in [0.3, 0.4) is 0 Å². The normalized spacial score (nSPS) is 19.0. The van der Waals surface area contributed by atoms with Gasteiger partial charge in [-0.15, -0.1) is 0 Å². The highest BCUT2D eigenvalue weighted by Gasteiger charge is 2.29. The third kappa shape index (κ3) is 9.11. The molecule has 44 heavy (non-hydrogen) atoms. The van der Waals surface area contributed by atoms with Crippen molar-refractivity contribution in [2.45, 2.75) is 95.7 Å². The molecule has 2 heterocycles. The number of aliphatic imine (C=N–C) groups is 1. The highest BCUT2D eigenvalue weighted by molar-refractivity contribution is 5.87. The number of phenolic OH excluding ortho intramolecular Hbond substituents is 1. The first kappa shape index (κ1) is 32.1. The van der Waals surface area contributed by atoms with Crippen molar-refractivity contribution >= 4 is 12.0 Å². The Balaban J connectivity index is 1.05. The number of aliphatic hydroxyl groups is 1. The zero-order valence-corrected chi connectivity index (χ0v) is 25.8. The number of fused-ring (bicyclic) bond motifs is 1. The molecule has 2 unspecified atom stereocenters. The van der Waals surface area contributed by atoms with E-state index in [9.17, 15) is 15.0 Å². The molecule has 0 bridgehead atoms. The van der Waals surface area contributed by atoms with Crippen LogP contribution in [0, 0.1) is 5.92 Å². The molecule has 2 aromatic carbocycles. The summed E-state index contributed by atoms with van der Waals surface area (Å²) in [6.45, 7) is 1.09. The average Bonchev–Trinajstić information content (AvgIpc) is 3.60. The maximum atomic E-state index is 12.6. The van der Waals surface area contributed by atoms with Crippen molar-refractivity contribution in [1.82, 2.24) is 0 Å². The lowest BCUT2D eigenvalue weighted by molar-refractivity contribution is -0.855. The standard InChI is InChI=1S/C36H48N4O4/c37-36(38)28-11-6-10-27(17-28)18-29-21-39-33-23-40(22-32(29)33)24-44-35-19-26(14-16-34(35)43)13-15-31(42)20-30(41)12-5-4-9-25-7-2-1-3-8-25/h6,10-11,14,16-17,19,21,23,25,30,36,41,43H,1-5,7-9,12-13,15,18,20,22,24,37-38H2/p+1. The number of ether oxygens (including phenoxy) is 1. The molecular weight excluding hydrogens is 552 g/mol. The number of carbonyl (C=O) groups is 1. The van der Waals surface area contributed by atoms with Gasteiger partial charge in [0.15, 0.2) is 11.5 Å². The number of aromatic hydroxyl groups is 1. The number of aryl methyl sites for hydroxylation is 1. The molecule has 1 saturated carbocycles. The van der Waals surface area contributed by atoms with E-state index < -0.39 is 12.3 Å². The Morgan fingerprint density at radius 2 is 1.91 bits per heavy atom. The first-order chi connectivity index (χ1) is 21.3. The average molecular weight is 602 g/mol. The fraction of sp³-hybridized carbons (Fsp3) is 0.500. The highest BCUT2D eigenvalue weighted by Crippen LogP contribution is 2.30. The molecule has 8 heteroatoms. The number of rotatable bonds is 16. The van der Waals surface area contributed by atoms with Crippen LogP contribution in [0.2, 0.25) is 0 Å². The number of aliphatic hydroxyl groups excluding tert-OH is 1. The van der Waals surface area contributed by atoms with Crippen molar-refractivity contribution in [3.05, 3.63) is 82.2 Å². The van der Waals surface area contributed by atoms with E-state index in [4.69, 9.17) is 16.2 Å². The zero-order chi connectivity index (χ0) is 30.9. The quantitative estimate of drug-likeness (QED) is 0.143. The van der Waals surface area contributed by atoms with E-state index in [-0.39, 0.29) is 18.0 Å². The monoisotopic (exact) mass is 601 g/mol. The second-order valence-corrected chi connectivity index (χ2v) is 12.9. The highest BCUT2D eigenvalue weighted by atomic mass is 16.5. The van der Waals surface area contributed by atoms with Crippen molar-refractivity contribution in [3.63, 3.8) is 0 Å². The number of unbranched alkanes of at least 4 members (excludes halogenated alkanes) is 1. The fourth-order valence-corrected chi connectivity index (χ4v) is 6.68. The summed E-state index contributed by atoms with van der Waals surface area (Å²) in [5, 5.41) is 20.8. The van der Waals surface area contributed by atoms with Gasteiger partial charge >= 0.3 is 0 Å². The second-order valence-electron chi connectivity index (χ2n) is 12.9. The maximum Gasteiger partial charge on any atom is 0.227 e. The molecule has 0 amide bonds. The summed E-state index contributed by atoms with van der Waals surface area (Å²) >= 11 is 0. The number of allylic oxidation sites excluding steroid dienone is 1. The Hall–Kier alpha value is -3.30. The SMILES string of the molecule is NC(N)c1cccc(CC2=C3C[NH+](COc4cc(CCC(=O)CC(O)CCCCC5CCCCC5)ccc4O)C=C3N=C2)c1. The number of nitrogens with two attached hydrogens (primary N) is 2. The number of quaternary nitrogens is 1. The van der Waals surface area contributed by atoms with Gasteiger partial charge in [0.2, 0.25) is 6.73 Å². The zero-order valence-electron chi connectivity index (χ0n) is 25.8. The van der Waals surface area contributed by atoms with E-state index in [1.807, 2.05) is 36.5 Å². The van der Waals surface area contributed by atoms with Crippen LogP contribution in [0.1, 0.15) is 93.5 Å². The summed E-state index contributed by atoms with van der Waals surface area (Å²) in [6, 6.07) is 13.3. The number of nitrogens with one attached hydrogen (secondary N) is 1. The van der Waals surface area contributed by atoms with Crippen molar-refractivity contribution in [2.24, 2.45) is 22.4 Å². The number of benzene rings is 2. The van der Waals surface area contributed by atoms with E-state index in [1.165, 1.54) is 49.7 Å². The molecule has 2 atom stereocenters. The molecule has 2 aliphatic heterocycles. The molecule has 3 aliphatic rings. The predicted octanol–water partition coefficient (Wildman–Crippen LogP) is 4.40. The van der Waals surface area contributed by atoms with Gasteiger partial charge in [0, 0.05) is 24.6 Å².